The van der Waals surface area contributed by atoms with E-state index in [1.165, 1.54) is 9.42 Å². The molecule has 3 aromatic rings. The van der Waals surface area contributed by atoms with Crippen LogP contribution in [0, 0.1) is 6.92 Å². The summed E-state index contributed by atoms with van der Waals surface area (Å²) in [6.45, 7) is 1.78. The van der Waals surface area contributed by atoms with Crippen molar-refractivity contribution in [1.82, 2.24) is 24.5 Å². The predicted molar refractivity (Wildman–Crippen MR) is 95.3 cm³/mol. The van der Waals surface area contributed by atoms with Gasteiger partial charge in [-0.15, -0.1) is 5.10 Å². The highest BCUT2D eigenvalue weighted by Crippen LogP contribution is 2.14. The number of carbonyl (C=O) groups excluding carboxylic acids is 2. The molecule has 0 saturated carbocycles. The lowest BCUT2D eigenvalue weighted by molar-refractivity contribution is -0.133. The zero-order valence-electron chi connectivity index (χ0n) is 15.2. The number of ether oxygens (including phenoxy) is 2. The van der Waals surface area contributed by atoms with E-state index in [0.29, 0.717) is 18.1 Å². The molecular formula is C18H19N5O4. The lowest BCUT2D eigenvalue weighted by atomic mass is 10.2. The molecule has 0 unspecified atom stereocenters. The van der Waals surface area contributed by atoms with Crippen LogP contribution in [-0.2, 0) is 16.1 Å². The van der Waals surface area contributed by atoms with E-state index < -0.39 is 12.6 Å². The maximum atomic E-state index is 12.2. The van der Waals surface area contributed by atoms with E-state index in [4.69, 9.17) is 9.47 Å². The van der Waals surface area contributed by atoms with Crippen molar-refractivity contribution in [2.24, 2.45) is 0 Å². The number of benzene rings is 1. The summed E-state index contributed by atoms with van der Waals surface area (Å²) in [6, 6.07) is 9.14. The lowest BCUT2D eigenvalue weighted by Crippen LogP contribution is -2.31. The van der Waals surface area contributed by atoms with Crippen LogP contribution in [0.2, 0.25) is 0 Å². The van der Waals surface area contributed by atoms with Gasteiger partial charge in [0.15, 0.2) is 6.61 Å². The van der Waals surface area contributed by atoms with Crippen molar-refractivity contribution in [2.45, 2.75) is 13.5 Å². The maximum Gasteiger partial charge on any atom is 0.378 e. The van der Waals surface area contributed by atoms with Crippen LogP contribution < -0.4 is 4.74 Å². The molecule has 3 rings (SSSR count). The third kappa shape index (κ3) is 4.20. The van der Waals surface area contributed by atoms with Crippen molar-refractivity contribution >= 4 is 17.7 Å². The highest BCUT2D eigenvalue weighted by Gasteiger charge is 2.18. The van der Waals surface area contributed by atoms with Gasteiger partial charge in [-0.2, -0.15) is 4.98 Å². The van der Waals surface area contributed by atoms with Gasteiger partial charge in [0.25, 0.3) is 17.5 Å². The Labute approximate surface area is 155 Å². The van der Waals surface area contributed by atoms with Gasteiger partial charge in [0.1, 0.15) is 5.75 Å². The third-order valence-corrected chi connectivity index (χ3v) is 3.92. The number of carbonyl (C=O) groups is 2. The summed E-state index contributed by atoms with van der Waals surface area (Å²) in [7, 11) is 3.21. The van der Waals surface area contributed by atoms with Crippen molar-refractivity contribution in [1.29, 1.82) is 0 Å². The van der Waals surface area contributed by atoms with E-state index in [9.17, 15) is 9.59 Å². The van der Waals surface area contributed by atoms with E-state index in [0.717, 1.165) is 11.3 Å². The minimum absolute atomic E-state index is 0.139. The largest absolute Gasteiger partial charge is 0.497 e. The van der Waals surface area contributed by atoms with Gasteiger partial charge in [0.2, 0.25) is 0 Å². The average Bonchev–Trinajstić information content (AvgIpc) is 3.11. The highest BCUT2D eigenvalue weighted by molar-refractivity contribution is 5.88. The summed E-state index contributed by atoms with van der Waals surface area (Å²) in [4.78, 5) is 33.8. The van der Waals surface area contributed by atoms with Gasteiger partial charge in [0.05, 0.1) is 7.11 Å². The first-order chi connectivity index (χ1) is 13.0. The summed E-state index contributed by atoms with van der Waals surface area (Å²) >= 11 is 0. The van der Waals surface area contributed by atoms with Gasteiger partial charge in [-0.05, 0) is 30.7 Å². The Morgan fingerprint density at radius 2 is 2.07 bits per heavy atom. The molecule has 0 saturated heterocycles. The summed E-state index contributed by atoms with van der Waals surface area (Å²) in [5.41, 5.74) is 1.68. The van der Waals surface area contributed by atoms with Crippen LogP contribution in [0.25, 0.3) is 5.78 Å². The monoisotopic (exact) mass is 369 g/mol. The first-order valence-corrected chi connectivity index (χ1v) is 8.20. The molecule has 0 fully saturated rings. The fraction of sp³-hybridized carbons (Fsp3) is 0.278. The molecule has 0 aliphatic heterocycles. The van der Waals surface area contributed by atoms with Gasteiger partial charge in [-0.3, -0.25) is 4.79 Å². The van der Waals surface area contributed by atoms with Crippen LogP contribution in [-0.4, -0.2) is 57.1 Å². The number of likely N-dealkylation sites (N-methyl/N-ethyl adjacent to an activating group) is 1. The standard InChI is InChI=1S/C18H19N5O4/c1-12-7-8-19-18-20-16(21-23(12)18)17(25)27-11-15(24)22(2)10-13-5-4-6-14(9-13)26-3/h4-9H,10-11H2,1-3H3. The molecule has 0 atom stereocenters. The summed E-state index contributed by atoms with van der Waals surface area (Å²) in [5.74, 6) is -0.252. The van der Waals surface area contributed by atoms with Gasteiger partial charge >= 0.3 is 5.97 Å². The van der Waals surface area contributed by atoms with E-state index in [-0.39, 0.29) is 11.7 Å². The molecule has 0 aliphatic carbocycles. The van der Waals surface area contributed by atoms with Gasteiger partial charge in [-0.25, -0.2) is 14.3 Å². The van der Waals surface area contributed by atoms with Crippen LogP contribution in [0.15, 0.2) is 36.5 Å². The number of nitrogens with zero attached hydrogens (tertiary/aromatic N) is 5. The minimum Gasteiger partial charge on any atom is -0.497 e. The zero-order chi connectivity index (χ0) is 19.4. The molecule has 2 aromatic heterocycles. The second-order valence-corrected chi connectivity index (χ2v) is 5.91. The number of rotatable bonds is 6. The van der Waals surface area contributed by atoms with Crippen LogP contribution in [0.3, 0.4) is 0 Å². The van der Waals surface area contributed by atoms with Crippen LogP contribution in [0.4, 0.5) is 0 Å². The Morgan fingerprint density at radius 1 is 1.26 bits per heavy atom. The van der Waals surface area contributed by atoms with Crippen LogP contribution >= 0.6 is 0 Å². The molecule has 27 heavy (non-hydrogen) atoms. The number of hydrogen-bond donors (Lipinski definition) is 0. The van der Waals surface area contributed by atoms with Crippen molar-refractivity contribution < 1.29 is 19.1 Å². The number of methoxy groups -OCH3 is 1. The number of esters is 1. The summed E-state index contributed by atoms with van der Waals surface area (Å²) in [6.07, 6.45) is 1.57. The first-order valence-electron chi connectivity index (χ1n) is 8.20. The van der Waals surface area contributed by atoms with Gasteiger partial charge in [0, 0.05) is 25.5 Å². The van der Waals surface area contributed by atoms with Crippen molar-refractivity contribution in [3.05, 3.63) is 53.6 Å². The smallest absolute Gasteiger partial charge is 0.378 e. The van der Waals surface area contributed by atoms with Crippen molar-refractivity contribution in [3.63, 3.8) is 0 Å². The molecule has 9 heteroatoms. The van der Waals surface area contributed by atoms with Crippen molar-refractivity contribution in [2.75, 3.05) is 20.8 Å². The van der Waals surface area contributed by atoms with E-state index >= 15 is 0 Å². The number of aromatic nitrogens is 4. The first kappa shape index (κ1) is 18.3. The number of fused-ring (bicyclic) bond motifs is 1. The normalized spacial score (nSPS) is 10.6. The van der Waals surface area contributed by atoms with Crippen molar-refractivity contribution in [3.8, 4) is 5.75 Å². The van der Waals surface area contributed by atoms with E-state index in [2.05, 4.69) is 15.1 Å². The SMILES string of the molecule is COc1cccc(CN(C)C(=O)COC(=O)c2nc3nccc(C)n3n2)c1. The van der Waals surface area contributed by atoms with Crippen LogP contribution in [0.1, 0.15) is 21.9 Å². The summed E-state index contributed by atoms with van der Waals surface area (Å²) in [5, 5.41) is 4.05. The molecule has 1 aromatic carbocycles. The Balaban J connectivity index is 1.58. The molecule has 9 nitrogen and oxygen atoms in total. The molecule has 0 N–H and O–H groups in total. The second kappa shape index (κ2) is 7.81. The second-order valence-electron chi connectivity index (χ2n) is 5.91. The Morgan fingerprint density at radius 3 is 2.81 bits per heavy atom. The third-order valence-electron chi connectivity index (χ3n) is 3.92. The molecule has 0 radical (unpaired) electrons. The predicted octanol–water partition coefficient (Wildman–Crippen LogP) is 1.26. The number of hydrogen-bond acceptors (Lipinski definition) is 7. The Bertz CT molecular complexity index is 985. The Hall–Kier alpha value is -3.49. The molecule has 0 aliphatic rings. The maximum absolute atomic E-state index is 12.2. The van der Waals surface area contributed by atoms with Gasteiger partial charge < -0.3 is 14.4 Å². The van der Waals surface area contributed by atoms with Gasteiger partial charge in [-0.1, -0.05) is 12.1 Å². The zero-order valence-corrected chi connectivity index (χ0v) is 15.2. The molecule has 1 amide bonds. The minimum atomic E-state index is -0.775. The number of aryl methyl sites for hydroxylation is 1. The fourth-order valence-electron chi connectivity index (χ4n) is 2.43. The highest BCUT2D eigenvalue weighted by atomic mass is 16.5. The summed E-state index contributed by atoms with van der Waals surface area (Å²) < 4.78 is 11.6. The van der Waals surface area contributed by atoms with E-state index in [1.807, 2.05) is 31.2 Å². The average molecular weight is 369 g/mol. The topological polar surface area (TPSA) is 98.9 Å². The Kier molecular flexibility index (Phi) is 5.30. The molecule has 140 valence electrons. The van der Waals surface area contributed by atoms with Crippen LogP contribution in [0.5, 0.6) is 5.75 Å². The molecule has 2 heterocycles. The molecule has 0 bridgehead atoms. The fourth-order valence-corrected chi connectivity index (χ4v) is 2.43. The molecule has 0 spiro atoms. The lowest BCUT2D eigenvalue weighted by Gasteiger charge is -2.17. The molecular weight excluding hydrogens is 350 g/mol. The van der Waals surface area contributed by atoms with E-state index in [1.54, 1.807) is 26.4 Å². The number of amides is 1. The quantitative estimate of drug-likeness (QED) is 0.603.